The molecule has 2 aromatic rings. The predicted molar refractivity (Wildman–Crippen MR) is 80.1 cm³/mol. The van der Waals surface area contributed by atoms with Gasteiger partial charge in [0.1, 0.15) is 5.82 Å². The van der Waals surface area contributed by atoms with Crippen LogP contribution in [0.5, 0.6) is 5.75 Å². The monoisotopic (exact) mass is 339 g/mol. The molecule has 1 aromatic heterocycles. The van der Waals surface area contributed by atoms with Gasteiger partial charge in [0.15, 0.2) is 17.4 Å². The van der Waals surface area contributed by atoms with Crippen LogP contribution in [0.15, 0.2) is 22.7 Å². The van der Waals surface area contributed by atoms with Crippen molar-refractivity contribution in [3.05, 3.63) is 34.2 Å². The molecule has 6 heteroatoms. The first-order valence-electron chi connectivity index (χ1n) is 6.22. The zero-order chi connectivity index (χ0) is 14.7. The Labute approximate surface area is 125 Å². The average Bonchev–Trinajstić information content (AvgIpc) is 2.43. The Bertz CT molecular complexity index is 634. The maximum atomic E-state index is 13.7. The second kappa shape index (κ2) is 6.17. The molecule has 2 N–H and O–H groups in total. The number of anilines is 1. The molecule has 0 unspecified atom stereocenters. The lowest BCUT2D eigenvalue weighted by molar-refractivity contribution is 0.386. The number of aromatic nitrogens is 2. The van der Waals surface area contributed by atoms with E-state index >= 15 is 0 Å². The largest absolute Gasteiger partial charge is 0.494 e. The van der Waals surface area contributed by atoms with Gasteiger partial charge in [-0.05, 0) is 40.5 Å². The van der Waals surface area contributed by atoms with Gasteiger partial charge >= 0.3 is 0 Å². The van der Waals surface area contributed by atoms with Crippen LogP contribution >= 0.6 is 15.9 Å². The van der Waals surface area contributed by atoms with Crippen LogP contribution in [-0.4, -0.2) is 17.1 Å². The number of nitrogens with two attached hydrogens (primary N) is 1. The van der Waals surface area contributed by atoms with Crippen LogP contribution in [0.25, 0.3) is 11.4 Å². The third-order valence-corrected chi connectivity index (χ3v) is 3.71. The molecule has 0 radical (unpaired) electrons. The molecule has 0 aliphatic rings. The van der Waals surface area contributed by atoms with Crippen molar-refractivity contribution in [3.8, 4) is 17.1 Å². The highest BCUT2D eigenvalue weighted by Gasteiger charge is 2.12. The number of rotatable bonds is 4. The molecule has 0 atom stereocenters. The normalized spacial score (nSPS) is 10.6. The number of hydrogen-bond donors (Lipinski definition) is 1. The quantitative estimate of drug-likeness (QED) is 0.924. The van der Waals surface area contributed by atoms with Crippen molar-refractivity contribution in [3.63, 3.8) is 0 Å². The third-order valence-electron chi connectivity index (χ3n) is 2.84. The Morgan fingerprint density at radius 2 is 2.10 bits per heavy atom. The minimum atomic E-state index is -0.452. The molecule has 0 bridgehead atoms. The van der Waals surface area contributed by atoms with Crippen LogP contribution in [0.4, 0.5) is 10.2 Å². The minimum absolute atomic E-state index is 0.188. The Morgan fingerprint density at radius 3 is 2.70 bits per heavy atom. The van der Waals surface area contributed by atoms with Crippen LogP contribution in [0.1, 0.15) is 19.0 Å². The molecule has 0 amide bonds. The number of nitrogen functional groups attached to an aromatic ring is 1. The summed E-state index contributed by atoms with van der Waals surface area (Å²) in [5, 5.41) is 0. The first kappa shape index (κ1) is 14.7. The lowest BCUT2D eigenvalue weighted by atomic mass is 10.1. The number of methoxy groups -OCH3 is 1. The van der Waals surface area contributed by atoms with Crippen LogP contribution in [-0.2, 0) is 6.42 Å². The van der Waals surface area contributed by atoms with Gasteiger partial charge in [-0.1, -0.05) is 13.3 Å². The Kier molecular flexibility index (Phi) is 4.54. The van der Waals surface area contributed by atoms with E-state index in [0.29, 0.717) is 21.7 Å². The molecule has 4 nitrogen and oxygen atoms in total. The van der Waals surface area contributed by atoms with Crippen LogP contribution in [0.3, 0.4) is 0 Å². The molecule has 0 saturated carbocycles. The zero-order valence-corrected chi connectivity index (χ0v) is 12.9. The number of nitrogens with zero attached hydrogens (tertiary/aromatic N) is 2. The third kappa shape index (κ3) is 2.90. The fraction of sp³-hybridized carbons (Fsp3) is 0.286. The van der Waals surface area contributed by atoms with Crippen molar-refractivity contribution < 1.29 is 9.13 Å². The van der Waals surface area contributed by atoms with Crippen LogP contribution in [0.2, 0.25) is 0 Å². The van der Waals surface area contributed by atoms with E-state index in [1.807, 2.05) is 0 Å². The van der Waals surface area contributed by atoms with Crippen molar-refractivity contribution in [1.29, 1.82) is 0 Å². The summed E-state index contributed by atoms with van der Waals surface area (Å²) >= 11 is 3.38. The van der Waals surface area contributed by atoms with Gasteiger partial charge in [-0.2, -0.15) is 0 Å². The van der Waals surface area contributed by atoms with E-state index < -0.39 is 5.82 Å². The highest BCUT2D eigenvalue weighted by atomic mass is 79.9. The maximum absolute atomic E-state index is 13.7. The summed E-state index contributed by atoms with van der Waals surface area (Å²) in [5.74, 6) is 0.505. The van der Waals surface area contributed by atoms with E-state index in [2.05, 4.69) is 32.8 Å². The van der Waals surface area contributed by atoms with E-state index in [-0.39, 0.29) is 5.75 Å². The van der Waals surface area contributed by atoms with E-state index in [9.17, 15) is 4.39 Å². The topological polar surface area (TPSA) is 61.0 Å². The summed E-state index contributed by atoms with van der Waals surface area (Å²) in [5.41, 5.74) is 7.26. The molecule has 0 aliphatic heterocycles. The van der Waals surface area contributed by atoms with Gasteiger partial charge in [0.2, 0.25) is 0 Å². The molecular formula is C14H15BrFN3O. The van der Waals surface area contributed by atoms with E-state index in [4.69, 9.17) is 10.5 Å². The lowest BCUT2D eigenvalue weighted by Crippen LogP contribution is -2.03. The summed E-state index contributed by atoms with van der Waals surface area (Å²) in [6.07, 6.45) is 1.71. The highest BCUT2D eigenvalue weighted by molar-refractivity contribution is 9.10. The molecule has 0 aliphatic carbocycles. The van der Waals surface area contributed by atoms with Crippen molar-refractivity contribution >= 4 is 21.7 Å². The Morgan fingerprint density at radius 1 is 1.35 bits per heavy atom. The standard InChI is InChI=1S/C14H15BrFN3O/c1-3-4-10-12(15)13(17)19-14(18-10)8-5-6-11(20-2)9(16)7-8/h5-7H,3-4H2,1-2H3,(H2,17,18,19). The number of ether oxygens (including phenoxy) is 1. The molecule has 0 saturated heterocycles. The summed E-state index contributed by atoms with van der Waals surface area (Å²) in [7, 11) is 1.42. The van der Waals surface area contributed by atoms with Gasteiger partial charge < -0.3 is 10.5 Å². The van der Waals surface area contributed by atoms with E-state index in [1.165, 1.54) is 13.2 Å². The molecular weight excluding hydrogens is 325 g/mol. The van der Waals surface area contributed by atoms with Crippen LogP contribution < -0.4 is 10.5 Å². The average molecular weight is 340 g/mol. The summed E-state index contributed by atoms with van der Waals surface area (Å²) in [6.45, 7) is 2.05. The summed E-state index contributed by atoms with van der Waals surface area (Å²) in [6, 6.07) is 4.60. The van der Waals surface area contributed by atoms with Gasteiger partial charge in [-0.3, -0.25) is 0 Å². The van der Waals surface area contributed by atoms with Crippen molar-refractivity contribution in [1.82, 2.24) is 9.97 Å². The van der Waals surface area contributed by atoms with Crippen molar-refractivity contribution in [2.75, 3.05) is 12.8 Å². The minimum Gasteiger partial charge on any atom is -0.494 e. The smallest absolute Gasteiger partial charge is 0.165 e. The van der Waals surface area contributed by atoms with Gasteiger partial charge in [0, 0.05) is 5.56 Å². The van der Waals surface area contributed by atoms with E-state index in [0.717, 1.165) is 18.5 Å². The first-order chi connectivity index (χ1) is 9.56. The molecule has 1 aromatic carbocycles. The summed E-state index contributed by atoms with van der Waals surface area (Å²) in [4.78, 5) is 8.64. The number of aryl methyl sites for hydroxylation is 1. The maximum Gasteiger partial charge on any atom is 0.165 e. The van der Waals surface area contributed by atoms with Gasteiger partial charge in [0.25, 0.3) is 0 Å². The second-order valence-corrected chi connectivity index (χ2v) is 5.09. The number of benzene rings is 1. The second-order valence-electron chi connectivity index (χ2n) is 4.29. The molecule has 0 fully saturated rings. The Balaban J connectivity index is 2.49. The molecule has 20 heavy (non-hydrogen) atoms. The highest BCUT2D eigenvalue weighted by Crippen LogP contribution is 2.28. The number of hydrogen-bond acceptors (Lipinski definition) is 4. The Hall–Kier alpha value is -1.69. The van der Waals surface area contributed by atoms with Gasteiger partial charge in [-0.15, -0.1) is 0 Å². The molecule has 106 valence electrons. The molecule has 2 rings (SSSR count). The zero-order valence-electron chi connectivity index (χ0n) is 11.3. The van der Waals surface area contributed by atoms with Crippen molar-refractivity contribution in [2.45, 2.75) is 19.8 Å². The molecule has 1 heterocycles. The first-order valence-corrected chi connectivity index (χ1v) is 7.02. The lowest BCUT2D eigenvalue weighted by Gasteiger charge is -2.09. The number of halogens is 2. The fourth-order valence-corrected chi connectivity index (χ4v) is 2.23. The molecule has 0 spiro atoms. The van der Waals surface area contributed by atoms with Gasteiger partial charge in [0.05, 0.1) is 17.3 Å². The SMILES string of the molecule is CCCc1nc(-c2ccc(OC)c(F)c2)nc(N)c1Br. The predicted octanol–water partition coefficient (Wildman–Crippen LogP) is 3.59. The van der Waals surface area contributed by atoms with Gasteiger partial charge in [-0.25, -0.2) is 14.4 Å². The van der Waals surface area contributed by atoms with E-state index in [1.54, 1.807) is 12.1 Å². The fourth-order valence-electron chi connectivity index (χ4n) is 1.85. The summed E-state index contributed by atoms with van der Waals surface area (Å²) < 4.78 is 19.3. The van der Waals surface area contributed by atoms with Crippen molar-refractivity contribution in [2.24, 2.45) is 0 Å². The van der Waals surface area contributed by atoms with Crippen LogP contribution in [0, 0.1) is 5.82 Å².